The molecule has 10 heteroatoms. The minimum Gasteiger partial charge on any atom is -0.362 e. The van der Waals surface area contributed by atoms with Crippen molar-refractivity contribution < 1.29 is 4.39 Å². The fraction of sp³-hybridized carbons (Fsp3) is 0.269. The number of H-pyrrole nitrogens is 1. The number of pyridine rings is 1. The Morgan fingerprint density at radius 3 is 2.72 bits per heavy atom. The summed E-state index contributed by atoms with van der Waals surface area (Å²) < 4.78 is 13.9. The lowest BCUT2D eigenvalue weighted by Crippen LogP contribution is -2.20. The zero-order valence-electron chi connectivity index (χ0n) is 20.0. The third kappa shape index (κ3) is 6.07. The molecule has 5 aromatic rings. The number of fused-ring (bicyclic) bond motifs is 1. The number of aromatic nitrogens is 6. The molecule has 0 saturated carbocycles. The van der Waals surface area contributed by atoms with Gasteiger partial charge in [-0.15, -0.1) is 0 Å². The minimum atomic E-state index is -0.350. The third-order valence-electron chi connectivity index (χ3n) is 5.74. The quantitative estimate of drug-likeness (QED) is 0.232. The van der Waals surface area contributed by atoms with Crippen LogP contribution >= 0.6 is 11.3 Å². The number of hydrogen-bond donors (Lipinski definition) is 3. The van der Waals surface area contributed by atoms with Gasteiger partial charge < -0.3 is 15.6 Å². The third-order valence-corrected chi connectivity index (χ3v) is 6.76. The van der Waals surface area contributed by atoms with Gasteiger partial charge in [-0.05, 0) is 24.6 Å². The van der Waals surface area contributed by atoms with Gasteiger partial charge in [-0.3, -0.25) is 4.98 Å². The van der Waals surface area contributed by atoms with E-state index in [0.29, 0.717) is 17.0 Å². The number of imidazole rings is 1. The van der Waals surface area contributed by atoms with Crippen molar-refractivity contribution in [3.8, 4) is 0 Å². The van der Waals surface area contributed by atoms with Crippen LogP contribution in [0.25, 0.3) is 10.3 Å². The largest absolute Gasteiger partial charge is 0.362 e. The maximum atomic E-state index is 13.9. The Kier molecular flexibility index (Phi) is 7.53. The lowest BCUT2D eigenvalue weighted by Gasteiger charge is -2.05. The van der Waals surface area contributed by atoms with Gasteiger partial charge in [0.25, 0.3) is 0 Å². The zero-order chi connectivity index (χ0) is 24.7. The van der Waals surface area contributed by atoms with Crippen molar-refractivity contribution in [1.82, 2.24) is 35.2 Å². The van der Waals surface area contributed by atoms with E-state index in [1.54, 1.807) is 23.6 Å². The van der Waals surface area contributed by atoms with Crippen LogP contribution in [0.4, 0.5) is 10.2 Å². The molecule has 0 fully saturated rings. The molecule has 0 bridgehead atoms. The average molecular weight is 503 g/mol. The first kappa shape index (κ1) is 24.0. The van der Waals surface area contributed by atoms with Gasteiger partial charge in [0.15, 0.2) is 5.82 Å². The van der Waals surface area contributed by atoms with Crippen molar-refractivity contribution in [2.45, 2.75) is 32.7 Å². The molecule has 0 aliphatic heterocycles. The fourth-order valence-electron chi connectivity index (χ4n) is 3.81. The first-order chi connectivity index (χ1) is 17.6. The number of aryl methyl sites for hydroxylation is 1. The topological polar surface area (TPSA) is 104 Å². The zero-order valence-corrected chi connectivity index (χ0v) is 20.8. The molecule has 36 heavy (non-hydrogen) atoms. The highest BCUT2D eigenvalue weighted by molar-refractivity contribution is 7.18. The van der Waals surface area contributed by atoms with Crippen molar-refractivity contribution in [3.63, 3.8) is 0 Å². The molecule has 0 radical (unpaired) electrons. The number of benzene rings is 1. The highest BCUT2D eigenvalue weighted by Gasteiger charge is 2.12. The molecular weight excluding hydrogens is 475 g/mol. The summed E-state index contributed by atoms with van der Waals surface area (Å²) in [5.74, 6) is 1.22. The molecule has 0 unspecified atom stereocenters. The fourth-order valence-corrected chi connectivity index (χ4v) is 4.72. The summed E-state index contributed by atoms with van der Waals surface area (Å²) in [6, 6.07) is 11.5. The maximum Gasteiger partial charge on any atom is 0.157 e. The maximum absolute atomic E-state index is 13.9. The standard InChI is InChI=1S/C26H27FN8S/c1-17-4-6-18(7-5-17)13-19-14-30-22(34-19)8-11-28-12-9-23-35-24-25(32-16-33-26(24)36-23)31-15-21-20(27)3-2-10-29-21/h2-7,10,14,16,28H,8-9,11-13,15H2,1H3,(H,30,34)(H,31,32,33). The predicted octanol–water partition coefficient (Wildman–Crippen LogP) is 4.23. The lowest BCUT2D eigenvalue weighted by atomic mass is 10.1. The second-order valence-electron chi connectivity index (χ2n) is 8.52. The van der Waals surface area contributed by atoms with Crippen molar-refractivity contribution >= 4 is 27.5 Å². The normalized spacial score (nSPS) is 11.3. The lowest BCUT2D eigenvalue weighted by molar-refractivity contribution is 0.602. The summed E-state index contributed by atoms with van der Waals surface area (Å²) >= 11 is 1.55. The van der Waals surface area contributed by atoms with E-state index in [0.717, 1.165) is 53.7 Å². The van der Waals surface area contributed by atoms with Crippen LogP contribution in [0.3, 0.4) is 0 Å². The summed E-state index contributed by atoms with van der Waals surface area (Å²) in [6.07, 6.45) is 7.50. The molecule has 4 aromatic heterocycles. The molecule has 0 aliphatic carbocycles. The summed E-state index contributed by atoms with van der Waals surface area (Å²) in [5, 5.41) is 7.58. The van der Waals surface area contributed by atoms with Gasteiger partial charge >= 0.3 is 0 Å². The second-order valence-corrected chi connectivity index (χ2v) is 9.58. The number of aromatic amines is 1. The van der Waals surface area contributed by atoms with Crippen LogP contribution in [0.2, 0.25) is 0 Å². The molecule has 8 nitrogen and oxygen atoms in total. The molecule has 0 saturated heterocycles. The molecule has 0 aliphatic rings. The van der Waals surface area contributed by atoms with Crippen LogP contribution in [0.5, 0.6) is 0 Å². The van der Waals surface area contributed by atoms with E-state index >= 15 is 0 Å². The molecular formula is C26H27FN8S. The smallest absolute Gasteiger partial charge is 0.157 e. The molecule has 1 aromatic carbocycles. The number of nitrogens with zero attached hydrogens (tertiary/aromatic N) is 5. The Morgan fingerprint density at radius 1 is 1.00 bits per heavy atom. The summed E-state index contributed by atoms with van der Waals surface area (Å²) in [4.78, 5) is 26.2. The first-order valence-corrected chi connectivity index (χ1v) is 12.7. The van der Waals surface area contributed by atoms with Gasteiger partial charge in [0.1, 0.15) is 28.3 Å². The van der Waals surface area contributed by atoms with Crippen LogP contribution in [0.1, 0.15) is 33.3 Å². The van der Waals surface area contributed by atoms with E-state index in [9.17, 15) is 4.39 Å². The Morgan fingerprint density at radius 2 is 1.86 bits per heavy atom. The monoisotopic (exact) mass is 502 g/mol. The van der Waals surface area contributed by atoms with Crippen LogP contribution in [-0.4, -0.2) is 43.0 Å². The van der Waals surface area contributed by atoms with E-state index in [1.807, 2.05) is 6.20 Å². The van der Waals surface area contributed by atoms with Gasteiger partial charge in [0, 0.05) is 44.7 Å². The van der Waals surface area contributed by atoms with Gasteiger partial charge in [-0.2, -0.15) is 0 Å². The first-order valence-electron chi connectivity index (χ1n) is 11.9. The Balaban J connectivity index is 1.09. The van der Waals surface area contributed by atoms with Crippen LogP contribution in [0, 0.1) is 12.7 Å². The molecule has 0 atom stereocenters. The van der Waals surface area contributed by atoms with Crippen LogP contribution in [0.15, 0.2) is 55.1 Å². The van der Waals surface area contributed by atoms with Crippen molar-refractivity contribution in [3.05, 3.63) is 94.3 Å². The van der Waals surface area contributed by atoms with Crippen LogP contribution < -0.4 is 10.6 Å². The van der Waals surface area contributed by atoms with E-state index < -0.39 is 0 Å². The molecule has 0 spiro atoms. The van der Waals surface area contributed by atoms with Crippen molar-refractivity contribution in [1.29, 1.82) is 0 Å². The van der Waals surface area contributed by atoms with E-state index in [4.69, 9.17) is 9.97 Å². The number of rotatable bonds is 11. The predicted molar refractivity (Wildman–Crippen MR) is 140 cm³/mol. The Hall–Kier alpha value is -3.76. The van der Waals surface area contributed by atoms with Crippen molar-refractivity contribution in [2.75, 3.05) is 18.4 Å². The molecule has 0 amide bonds. The van der Waals surface area contributed by atoms with E-state index in [2.05, 4.69) is 61.8 Å². The molecule has 5 rings (SSSR count). The second kappa shape index (κ2) is 11.3. The van der Waals surface area contributed by atoms with Crippen molar-refractivity contribution in [2.24, 2.45) is 0 Å². The molecule has 184 valence electrons. The molecule has 4 heterocycles. The summed E-state index contributed by atoms with van der Waals surface area (Å²) in [6.45, 7) is 3.95. The number of hydrogen-bond acceptors (Lipinski definition) is 8. The van der Waals surface area contributed by atoms with E-state index in [1.165, 1.54) is 23.5 Å². The van der Waals surface area contributed by atoms with Gasteiger partial charge in [-0.25, -0.2) is 24.3 Å². The van der Waals surface area contributed by atoms with E-state index in [-0.39, 0.29) is 12.4 Å². The highest BCUT2D eigenvalue weighted by Crippen LogP contribution is 2.25. The van der Waals surface area contributed by atoms with Gasteiger partial charge in [0.05, 0.1) is 22.9 Å². The Bertz CT molecular complexity index is 1430. The number of halogens is 1. The highest BCUT2D eigenvalue weighted by atomic mass is 32.1. The number of thiazole rings is 1. The van der Waals surface area contributed by atoms with Crippen LogP contribution in [-0.2, 0) is 25.8 Å². The molecule has 3 N–H and O–H groups in total. The SMILES string of the molecule is Cc1ccc(Cc2c[nH]c(CCNCCc3nc4c(NCc5ncccc5F)ncnc4s3)n2)cc1. The minimum absolute atomic E-state index is 0.229. The average Bonchev–Trinajstić information content (AvgIpc) is 3.51. The number of anilines is 1. The van der Waals surface area contributed by atoms with Gasteiger partial charge in [-0.1, -0.05) is 41.2 Å². The Labute approximate surface area is 212 Å². The summed E-state index contributed by atoms with van der Waals surface area (Å²) in [7, 11) is 0. The number of nitrogens with one attached hydrogen (secondary N) is 3. The van der Waals surface area contributed by atoms with Gasteiger partial charge in [0.2, 0.25) is 0 Å². The summed E-state index contributed by atoms with van der Waals surface area (Å²) in [5.41, 5.74) is 4.62.